The summed E-state index contributed by atoms with van der Waals surface area (Å²) in [6.45, 7) is 3.28. The molecule has 14 nitrogen and oxygen atoms in total. The van der Waals surface area contributed by atoms with Gasteiger partial charge in [-0.05, 0) is 57.1 Å². The Morgan fingerprint density at radius 3 is 2.40 bits per heavy atom. The van der Waals surface area contributed by atoms with Crippen LogP contribution < -0.4 is 26.0 Å². The quantitative estimate of drug-likeness (QED) is 0.198. The Balaban J connectivity index is 1.33. The highest BCUT2D eigenvalue weighted by molar-refractivity contribution is 6.38. The molecule has 0 radical (unpaired) electrons. The standard InChI is InChI=1S/C36H45Cl2N7O7/c1-3-7-26(31(46)35(50)42-23-11-12-23)43-33(48)28-17-24(52-29-16-22(37)10-13-25(29)38)19-45(28)36(51)20(2)41-34(49)30(21-8-5-4-6-9-21)44-32(47)27-18-39-14-15-40-27/h10,13-16,18,20-21,23-24,26,28,30H,3-9,11-12,17,19H2,1-2H3,(H,41,49)(H,42,50)(H,43,48)(H,44,47)/t20-,24+,26-,28?,30-/m0/s1. The van der Waals surface area contributed by atoms with Crippen LogP contribution in [0.2, 0.25) is 10.0 Å². The molecule has 5 atom stereocenters. The van der Waals surface area contributed by atoms with Crippen molar-refractivity contribution < 1.29 is 33.5 Å². The van der Waals surface area contributed by atoms with Gasteiger partial charge in [-0.15, -0.1) is 0 Å². The van der Waals surface area contributed by atoms with E-state index in [0.717, 1.165) is 44.9 Å². The summed E-state index contributed by atoms with van der Waals surface area (Å²) in [5.41, 5.74) is 0.0573. The average molecular weight is 759 g/mol. The number of benzene rings is 1. The van der Waals surface area contributed by atoms with E-state index in [1.54, 1.807) is 12.1 Å². The van der Waals surface area contributed by atoms with Crippen molar-refractivity contribution in [3.63, 3.8) is 0 Å². The molecule has 280 valence electrons. The molecule has 1 saturated heterocycles. The van der Waals surface area contributed by atoms with Gasteiger partial charge >= 0.3 is 0 Å². The lowest BCUT2D eigenvalue weighted by atomic mass is 9.83. The maximum Gasteiger partial charge on any atom is 0.289 e. The number of carbonyl (C=O) groups excluding carboxylic acids is 6. The van der Waals surface area contributed by atoms with Crippen LogP contribution in [0.4, 0.5) is 0 Å². The lowest BCUT2D eigenvalue weighted by Crippen LogP contribution is -2.58. The summed E-state index contributed by atoms with van der Waals surface area (Å²) >= 11 is 12.5. The minimum Gasteiger partial charge on any atom is -0.487 e. The van der Waals surface area contributed by atoms with Crippen molar-refractivity contribution in [2.24, 2.45) is 5.92 Å². The molecular weight excluding hydrogens is 713 g/mol. The Kier molecular flexibility index (Phi) is 13.4. The third-order valence-corrected chi connectivity index (χ3v) is 10.1. The fraction of sp³-hybridized carbons (Fsp3) is 0.556. The van der Waals surface area contributed by atoms with Gasteiger partial charge in [0.05, 0.1) is 23.8 Å². The first-order valence-corrected chi connectivity index (χ1v) is 18.6. The van der Waals surface area contributed by atoms with E-state index >= 15 is 0 Å². The van der Waals surface area contributed by atoms with Crippen LogP contribution in [0, 0.1) is 5.92 Å². The molecule has 2 saturated carbocycles. The number of ether oxygens (including phenoxy) is 1. The first kappa shape index (κ1) is 38.9. The number of ketones is 1. The summed E-state index contributed by atoms with van der Waals surface area (Å²) in [6, 6.07) is 0.395. The highest BCUT2D eigenvalue weighted by atomic mass is 35.5. The number of nitrogens with zero attached hydrogens (tertiary/aromatic N) is 3. The molecule has 1 aromatic heterocycles. The summed E-state index contributed by atoms with van der Waals surface area (Å²) in [5, 5.41) is 11.6. The summed E-state index contributed by atoms with van der Waals surface area (Å²) in [4.78, 5) is 89.9. The molecule has 3 fully saturated rings. The van der Waals surface area contributed by atoms with Crippen molar-refractivity contribution in [3.05, 3.63) is 52.5 Å². The Morgan fingerprint density at radius 2 is 1.73 bits per heavy atom. The SMILES string of the molecule is CCC[C@H](NC(=O)C1C[C@@H](Oc2cc(Cl)ccc2Cl)CN1C(=O)[C@H](C)NC(=O)[C@@H](NC(=O)c1cnccn1)C1CCCCC1)C(=O)C(=O)NC1CC1. The van der Waals surface area contributed by atoms with Gasteiger partial charge in [-0.25, -0.2) is 4.98 Å². The van der Waals surface area contributed by atoms with E-state index < -0.39 is 65.6 Å². The van der Waals surface area contributed by atoms with Gasteiger partial charge in [-0.1, -0.05) is 55.8 Å². The Bertz CT molecular complexity index is 1640. The smallest absolute Gasteiger partial charge is 0.289 e. The topological polar surface area (TPSA) is 189 Å². The zero-order valence-corrected chi connectivity index (χ0v) is 30.8. The van der Waals surface area contributed by atoms with Crippen molar-refractivity contribution in [3.8, 4) is 5.75 Å². The molecule has 2 aliphatic carbocycles. The molecule has 4 N–H and O–H groups in total. The van der Waals surface area contributed by atoms with E-state index in [-0.39, 0.29) is 47.8 Å². The summed E-state index contributed by atoms with van der Waals surface area (Å²) < 4.78 is 6.13. The van der Waals surface area contributed by atoms with Crippen LogP contribution in [0.25, 0.3) is 0 Å². The molecule has 16 heteroatoms. The molecule has 0 bridgehead atoms. The molecule has 3 aliphatic rings. The number of rotatable bonds is 15. The molecule has 1 aromatic carbocycles. The van der Waals surface area contributed by atoms with Gasteiger partial charge in [0.1, 0.15) is 35.7 Å². The molecule has 5 rings (SSSR count). The number of nitrogens with one attached hydrogen (secondary N) is 4. The van der Waals surface area contributed by atoms with Crippen molar-refractivity contribution in [2.45, 2.75) is 114 Å². The molecule has 0 spiro atoms. The molecule has 1 aliphatic heterocycles. The lowest BCUT2D eigenvalue weighted by molar-refractivity contribution is -0.143. The molecule has 1 unspecified atom stereocenters. The molecule has 2 aromatic rings. The van der Waals surface area contributed by atoms with Gasteiger partial charge in [-0.3, -0.25) is 33.8 Å². The number of likely N-dealkylation sites (tertiary alicyclic amines) is 1. The van der Waals surface area contributed by atoms with Gasteiger partial charge < -0.3 is 30.9 Å². The summed E-state index contributed by atoms with van der Waals surface area (Å²) in [5.74, 6) is -3.73. The van der Waals surface area contributed by atoms with Crippen molar-refractivity contribution in [2.75, 3.05) is 6.54 Å². The minimum atomic E-state index is -1.12. The number of aromatic nitrogens is 2. The maximum absolute atomic E-state index is 14.1. The van der Waals surface area contributed by atoms with Crippen LogP contribution in [0.3, 0.4) is 0 Å². The highest BCUT2D eigenvalue weighted by Crippen LogP contribution is 2.32. The zero-order valence-electron chi connectivity index (χ0n) is 29.2. The van der Waals surface area contributed by atoms with Gasteiger partial charge in [0, 0.05) is 35.9 Å². The second kappa shape index (κ2) is 18.0. The van der Waals surface area contributed by atoms with E-state index in [0.29, 0.717) is 11.4 Å². The van der Waals surface area contributed by atoms with Crippen LogP contribution in [0.15, 0.2) is 36.8 Å². The second-order valence-electron chi connectivity index (χ2n) is 13.7. The first-order chi connectivity index (χ1) is 24.9. The van der Waals surface area contributed by atoms with Crippen molar-refractivity contribution in [1.29, 1.82) is 0 Å². The Morgan fingerprint density at radius 1 is 0.981 bits per heavy atom. The molecule has 5 amide bonds. The van der Waals surface area contributed by atoms with Crippen LogP contribution in [0.1, 0.15) is 88.5 Å². The largest absolute Gasteiger partial charge is 0.487 e. The number of Topliss-reactive ketones (excluding diaryl/α,β-unsaturated/α-hetero) is 1. The summed E-state index contributed by atoms with van der Waals surface area (Å²) in [7, 11) is 0. The van der Waals surface area contributed by atoms with Gasteiger partial charge in [0.2, 0.25) is 23.5 Å². The maximum atomic E-state index is 14.1. The first-order valence-electron chi connectivity index (χ1n) is 17.9. The average Bonchev–Trinajstić information content (AvgIpc) is 3.86. The van der Waals surface area contributed by atoms with Crippen molar-refractivity contribution >= 4 is 58.5 Å². The van der Waals surface area contributed by atoms with Gasteiger partial charge in [0.25, 0.3) is 11.8 Å². The molecule has 52 heavy (non-hydrogen) atoms. The van der Waals surface area contributed by atoms with Crippen LogP contribution in [-0.4, -0.2) is 93.0 Å². The number of hydrogen-bond acceptors (Lipinski definition) is 9. The Hall–Kier alpha value is -4.30. The number of carbonyl (C=O) groups is 6. The van der Waals surface area contributed by atoms with E-state index in [4.69, 9.17) is 27.9 Å². The van der Waals surface area contributed by atoms with Crippen LogP contribution >= 0.6 is 23.2 Å². The van der Waals surface area contributed by atoms with E-state index in [2.05, 4.69) is 31.2 Å². The number of halogens is 2. The second-order valence-corrected chi connectivity index (χ2v) is 14.5. The van der Waals surface area contributed by atoms with E-state index in [9.17, 15) is 28.8 Å². The lowest BCUT2D eigenvalue weighted by Gasteiger charge is -2.32. The molecule has 2 heterocycles. The number of hydrogen-bond donors (Lipinski definition) is 4. The van der Waals surface area contributed by atoms with Crippen LogP contribution in [-0.2, 0) is 24.0 Å². The fourth-order valence-electron chi connectivity index (χ4n) is 6.70. The zero-order chi connectivity index (χ0) is 37.4. The summed E-state index contributed by atoms with van der Waals surface area (Å²) in [6.07, 6.45) is 10.0. The van der Waals surface area contributed by atoms with Gasteiger partial charge in [0.15, 0.2) is 0 Å². The molecular formula is C36H45Cl2N7O7. The van der Waals surface area contributed by atoms with Gasteiger partial charge in [-0.2, -0.15) is 0 Å². The predicted molar refractivity (Wildman–Crippen MR) is 191 cm³/mol. The van der Waals surface area contributed by atoms with Crippen molar-refractivity contribution in [1.82, 2.24) is 36.1 Å². The third kappa shape index (κ3) is 10.2. The number of amides is 5. The van der Waals surface area contributed by atoms with E-state index in [1.165, 1.54) is 36.5 Å². The van der Waals surface area contributed by atoms with Crippen LogP contribution in [0.5, 0.6) is 5.75 Å². The fourth-order valence-corrected chi connectivity index (χ4v) is 7.02. The predicted octanol–water partition coefficient (Wildman–Crippen LogP) is 3.15. The minimum absolute atomic E-state index is 0.0290. The highest BCUT2D eigenvalue weighted by Gasteiger charge is 2.44. The Labute approximate surface area is 312 Å². The van der Waals surface area contributed by atoms with E-state index in [1.807, 2.05) is 6.92 Å². The third-order valence-electron chi connectivity index (χ3n) is 9.60. The monoisotopic (exact) mass is 757 g/mol. The normalized spacial score (nSPS) is 20.6.